The highest BCUT2D eigenvalue weighted by molar-refractivity contribution is 9.10. The van der Waals surface area contributed by atoms with Gasteiger partial charge in [0.1, 0.15) is 5.82 Å². The van der Waals surface area contributed by atoms with Gasteiger partial charge in [-0.2, -0.15) is 0 Å². The summed E-state index contributed by atoms with van der Waals surface area (Å²) in [6.45, 7) is 0. The average Bonchev–Trinajstić information content (AvgIpc) is 2.39. The Morgan fingerprint density at radius 1 is 1.05 bits per heavy atom. The number of hydrogen-bond acceptors (Lipinski definition) is 2. The third-order valence-corrected chi connectivity index (χ3v) is 3.70. The van der Waals surface area contributed by atoms with Gasteiger partial charge in [-0.05, 0) is 52.3 Å². The molecule has 0 fully saturated rings. The van der Waals surface area contributed by atoms with Crippen LogP contribution in [0.15, 0.2) is 45.3 Å². The molecule has 0 unspecified atom stereocenters. The van der Waals surface area contributed by atoms with Crippen LogP contribution in [-0.4, -0.2) is 17.0 Å². The van der Waals surface area contributed by atoms with E-state index in [4.69, 9.17) is 5.11 Å². The van der Waals surface area contributed by atoms with E-state index in [0.717, 1.165) is 6.07 Å². The quantitative estimate of drug-likeness (QED) is 0.783. The molecule has 21 heavy (non-hydrogen) atoms. The van der Waals surface area contributed by atoms with Crippen molar-refractivity contribution in [2.45, 2.75) is 0 Å². The summed E-state index contributed by atoms with van der Waals surface area (Å²) in [5.41, 5.74) is 0.634. The average molecular weight is 417 g/mol. The minimum absolute atomic E-state index is 0.0911. The van der Waals surface area contributed by atoms with Crippen molar-refractivity contribution < 1.29 is 19.1 Å². The number of hydrogen-bond donors (Lipinski definition) is 2. The molecule has 0 radical (unpaired) electrons. The number of carboxylic acid groups (broad SMARTS) is 1. The summed E-state index contributed by atoms with van der Waals surface area (Å²) in [4.78, 5) is 22.9. The Hall–Kier alpha value is -1.73. The Kier molecular flexibility index (Phi) is 4.74. The van der Waals surface area contributed by atoms with E-state index in [1.807, 2.05) is 0 Å². The number of nitrogens with one attached hydrogen (secondary N) is 1. The summed E-state index contributed by atoms with van der Waals surface area (Å²) in [5, 5.41) is 11.4. The fourth-order valence-corrected chi connectivity index (χ4v) is 2.57. The summed E-state index contributed by atoms with van der Waals surface area (Å²) in [5.74, 6) is -2.10. The van der Waals surface area contributed by atoms with Crippen LogP contribution >= 0.6 is 31.9 Å². The Labute approximate surface area is 136 Å². The van der Waals surface area contributed by atoms with Crippen LogP contribution in [0.1, 0.15) is 20.7 Å². The zero-order valence-electron chi connectivity index (χ0n) is 10.4. The fraction of sp³-hybridized carbons (Fsp3) is 0. The van der Waals surface area contributed by atoms with E-state index in [1.165, 1.54) is 30.3 Å². The number of benzene rings is 2. The molecule has 0 saturated heterocycles. The smallest absolute Gasteiger partial charge is 0.335 e. The number of aromatic carboxylic acids is 1. The summed E-state index contributed by atoms with van der Waals surface area (Å²) >= 11 is 6.30. The molecule has 2 aromatic carbocycles. The maximum absolute atomic E-state index is 13.3. The number of rotatable bonds is 3. The lowest BCUT2D eigenvalue weighted by Crippen LogP contribution is -2.13. The van der Waals surface area contributed by atoms with Crippen LogP contribution in [-0.2, 0) is 0 Å². The molecule has 108 valence electrons. The van der Waals surface area contributed by atoms with Gasteiger partial charge in [0.2, 0.25) is 0 Å². The Bertz CT molecular complexity index is 714. The summed E-state index contributed by atoms with van der Waals surface area (Å²) < 4.78 is 14.1. The minimum atomic E-state index is -1.07. The van der Waals surface area contributed by atoms with Gasteiger partial charge in [-0.15, -0.1) is 0 Å². The lowest BCUT2D eigenvalue weighted by Gasteiger charge is -2.08. The number of amides is 1. The van der Waals surface area contributed by atoms with Crippen LogP contribution in [0.25, 0.3) is 0 Å². The number of carbonyl (C=O) groups excluding carboxylic acids is 1. The molecule has 2 aromatic rings. The van der Waals surface area contributed by atoms with Gasteiger partial charge in [0.25, 0.3) is 5.91 Å². The van der Waals surface area contributed by atoms with Gasteiger partial charge < -0.3 is 10.4 Å². The first-order valence-electron chi connectivity index (χ1n) is 5.67. The van der Waals surface area contributed by atoms with E-state index in [-0.39, 0.29) is 11.1 Å². The highest BCUT2D eigenvalue weighted by Crippen LogP contribution is 2.25. The molecule has 0 heterocycles. The van der Waals surface area contributed by atoms with Crippen molar-refractivity contribution in [1.29, 1.82) is 0 Å². The molecular formula is C14H8Br2FNO3. The lowest BCUT2D eigenvalue weighted by molar-refractivity contribution is 0.0696. The van der Waals surface area contributed by atoms with Crippen molar-refractivity contribution in [2.24, 2.45) is 0 Å². The SMILES string of the molecule is O=C(O)c1ccc(NC(=O)c2cc(F)cc(Br)c2)c(Br)c1. The second-order valence-corrected chi connectivity index (χ2v) is 5.88. The molecule has 0 aliphatic carbocycles. The first-order valence-corrected chi connectivity index (χ1v) is 7.25. The highest BCUT2D eigenvalue weighted by atomic mass is 79.9. The molecule has 0 aliphatic rings. The summed E-state index contributed by atoms with van der Waals surface area (Å²) in [6.07, 6.45) is 0. The van der Waals surface area contributed by atoms with Crippen molar-refractivity contribution in [3.63, 3.8) is 0 Å². The van der Waals surface area contributed by atoms with Gasteiger partial charge in [-0.25, -0.2) is 9.18 Å². The Morgan fingerprint density at radius 2 is 1.76 bits per heavy atom. The summed E-state index contributed by atoms with van der Waals surface area (Å²) in [6, 6.07) is 8.04. The molecule has 1 amide bonds. The Morgan fingerprint density at radius 3 is 2.33 bits per heavy atom. The maximum Gasteiger partial charge on any atom is 0.335 e. The number of anilines is 1. The second kappa shape index (κ2) is 6.36. The second-order valence-electron chi connectivity index (χ2n) is 4.11. The number of halogens is 3. The van der Waals surface area contributed by atoms with Crippen LogP contribution in [0.3, 0.4) is 0 Å². The van der Waals surface area contributed by atoms with Crippen molar-refractivity contribution in [1.82, 2.24) is 0 Å². The Balaban J connectivity index is 2.25. The van der Waals surface area contributed by atoms with E-state index in [0.29, 0.717) is 14.6 Å². The highest BCUT2D eigenvalue weighted by Gasteiger charge is 2.12. The van der Waals surface area contributed by atoms with Gasteiger partial charge in [0.05, 0.1) is 11.3 Å². The van der Waals surface area contributed by atoms with E-state index < -0.39 is 17.7 Å². The van der Waals surface area contributed by atoms with Crippen molar-refractivity contribution in [3.05, 3.63) is 62.3 Å². The maximum atomic E-state index is 13.3. The standard InChI is InChI=1S/C14H8Br2FNO3/c15-9-3-8(4-10(17)6-9)13(19)18-12-2-1-7(14(20)21)5-11(12)16/h1-6H,(H,18,19)(H,20,21). The third-order valence-electron chi connectivity index (χ3n) is 2.59. The van der Waals surface area contributed by atoms with Gasteiger partial charge in [0.15, 0.2) is 0 Å². The molecule has 0 saturated carbocycles. The van der Waals surface area contributed by atoms with Crippen LogP contribution in [0.5, 0.6) is 0 Å². The fourth-order valence-electron chi connectivity index (χ4n) is 1.63. The van der Waals surface area contributed by atoms with E-state index in [1.54, 1.807) is 0 Å². The van der Waals surface area contributed by atoms with Crippen molar-refractivity contribution >= 4 is 49.4 Å². The predicted molar refractivity (Wildman–Crippen MR) is 83.2 cm³/mol. The molecule has 4 nitrogen and oxygen atoms in total. The zero-order chi connectivity index (χ0) is 15.6. The molecule has 0 aliphatic heterocycles. The molecule has 0 spiro atoms. The normalized spacial score (nSPS) is 10.2. The lowest BCUT2D eigenvalue weighted by atomic mass is 10.2. The number of carbonyl (C=O) groups is 2. The van der Waals surface area contributed by atoms with Gasteiger partial charge in [-0.1, -0.05) is 15.9 Å². The van der Waals surface area contributed by atoms with Gasteiger partial charge in [0, 0.05) is 14.5 Å². The van der Waals surface area contributed by atoms with E-state index in [2.05, 4.69) is 37.2 Å². The van der Waals surface area contributed by atoms with Crippen molar-refractivity contribution in [2.75, 3.05) is 5.32 Å². The molecular weight excluding hydrogens is 409 g/mol. The summed E-state index contributed by atoms with van der Waals surface area (Å²) in [7, 11) is 0. The van der Waals surface area contributed by atoms with Gasteiger partial charge >= 0.3 is 5.97 Å². The van der Waals surface area contributed by atoms with E-state index in [9.17, 15) is 14.0 Å². The van der Waals surface area contributed by atoms with Crippen LogP contribution < -0.4 is 5.32 Å². The number of carboxylic acids is 1. The first kappa shape index (κ1) is 15.7. The molecule has 7 heteroatoms. The topological polar surface area (TPSA) is 66.4 Å². The molecule has 0 bridgehead atoms. The monoisotopic (exact) mass is 415 g/mol. The van der Waals surface area contributed by atoms with Crippen LogP contribution in [0.2, 0.25) is 0 Å². The van der Waals surface area contributed by atoms with Crippen LogP contribution in [0, 0.1) is 5.82 Å². The molecule has 2 rings (SSSR count). The molecule has 0 aromatic heterocycles. The first-order chi connectivity index (χ1) is 9.86. The molecule has 2 N–H and O–H groups in total. The van der Waals surface area contributed by atoms with Crippen molar-refractivity contribution in [3.8, 4) is 0 Å². The minimum Gasteiger partial charge on any atom is -0.478 e. The third kappa shape index (κ3) is 3.89. The predicted octanol–water partition coefficient (Wildman–Crippen LogP) is 4.30. The van der Waals surface area contributed by atoms with Gasteiger partial charge in [-0.3, -0.25) is 4.79 Å². The molecule has 0 atom stereocenters. The van der Waals surface area contributed by atoms with E-state index >= 15 is 0 Å². The van der Waals surface area contributed by atoms with Crippen LogP contribution in [0.4, 0.5) is 10.1 Å². The largest absolute Gasteiger partial charge is 0.478 e. The zero-order valence-corrected chi connectivity index (χ0v) is 13.5.